The molecule has 2 aromatic rings. The predicted molar refractivity (Wildman–Crippen MR) is 65.4 cm³/mol. The van der Waals surface area contributed by atoms with Crippen LogP contribution in [0.5, 0.6) is 0 Å². The quantitative estimate of drug-likeness (QED) is 0.806. The van der Waals surface area contributed by atoms with Crippen LogP contribution < -0.4 is 0 Å². The highest BCUT2D eigenvalue weighted by Gasteiger charge is 2.33. The fourth-order valence-corrected chi connectivity index (χ4v) is 2.87. The van der Waals surface area contributed by atoms with Gasteiger partial charge in [0.15, 0.2) is 0 Å². The average Bonchev–Trinajstić information content (AvgIpc) is 2.56. The first-order valence-electron chi connectivity index (χ1n) is 5.47. The largest absolute Gasteiger partial charge is 0.384 e. The molecule has 3 rings (SSSR count). The third-order valence-electron chi connectivity index (χ3n) is 3.24. The lowest BCUT2D eigenvalue weighted by atomic mass is 9.87. The molecule has 1 atom stereocenters. The molecule has 0 saturated carbocycles. The molecule has 0 aromatic carbocycles. The van der Waals surface area contributed by atoms with Crippen molar-refractivity contribution in [2.75, 3.05) is 0 Å². The minimum Gasteiger partial charge on any atom is -0.384 e. The number of hydrogen-bond donors (Lipinski definition) is 1. The van der Waals surface area contributed by atoms with Gasteiger partial charge in [0.05, 0.1) is 11.4 Å². The van der Waals surface area contributed by atoms with Gasteiger partial charge in [-0.05, 0) is 54.2 Å². The van der Waals surface area contributed by atoms with Crippen molar-refractivity contribution in [2.24, 2.45) is 0 Å². The Bertz CT molecular complexity index is 559. The lowest BCUT2D eigenvalue weighted by Gasteiger charge is -2.28. The van der Waals surface area contributed by atoms with Gasteiger partial charge in [-0.15, -0.1) is 0 Å². The highest BCUT2D eigenvalue weighted by molar-refractivity contribution is 9.10. The number of rotatable bonds is 0. The second kappa shape index (κ2) is 3.31. The third kappa shape index (κ3) is 1.40. The molecular weight excluding hydrogens is 268 g/mol. The molecule has 4 heteroatoms. The number of aryl methyl sites for hydroxylation is 1. The molecule has 2 heterocycles. The van der Waals surface area contributed by atoms with Crippen molar-refractivity contribution in [1.29, 1.82) is 0 Å². The Kier molecular flexibility index (Phi) is 2.13. The summed E-state index contributed by atoms with van der Waals surface area (Å²) >= 11 is 3.45. The smallest absolute Gasteiger partial charge is 0.137 e. The van der Waals surface area contributed by atoms with E-state index in [0.29, 0.717) is 0 Å². The van der Waals surface area contributed by atoms with E-state index in [9.17, 15) is 5.11 Å². The van der Waals surface area contributed by atoms with Gasteiger partial charge in [-0.3, -0.25) is 4.40 Å². The van der Waals surface area contributed by atoms with Crippen molar-refractivity contribution in [3.8, 4) is 0 Å². The fraction of sp³-hybridized carbons (Fsp3) is 0.417. The van der Waals surface area contributed by atoms with Crippen molar-refractivity contribution >= 4 is 21.6 Å². The number of halogens is 1. The maximum atomic E-state index is 10.4. The zero-order valence-electron chi connectivity index (χ0n) is 9.07. The van der Waals surface area contributed by atoms with Crippen molar-refractivity contribution in [2.45, 2.75) is 31.8 Å². The molecule has 0 bridgehead atoms. The van der Waals surface area contributed by atoms with Crippen LogP contribution in [0.4, 0.5) is 0 Å². The second-order valence-corrected chi connectivity index (χ2v) is 5.53. The van der Waals surface area contributed by atoms with E-state index in [1.165, 1.54) is 0 Å². The average molecular weight is 281 g/mol. The standard InChI is InChI=1S/C12H13BrN2O/c1-12(16)6-2-3-9-11(12)15-7-8(13)4-5-10(15)14-9/h4-5,7,16H,2-3,6H2,1H3. The molecule has 84 valence electrons. The van der Waals surface area contributed by atoms with Gasteiger partial charge in [0.1, 0.15) is 11.2 Å². The van der Waals surface area contributed by atoms with Gasteiger partial charge in [0.25, 0.3) is 0 Å². The van der Waals surface area contributed by atoms with Gasteiger partial charge in [-0.1, -0.05) is 0 Å². The van der Waals surface area contributed by atoms with Crippen LogP contribution in [-0.2, 0) is 12.0 Å². The lowest BCUT2D eigenvalue weighted by Crippen LogP contribution is -2.28. The van der Waals surface area contributed by atoms with Crippen LogP contribution in [0, 0.1) is 0 Å². The second-order valence-electron chi connectivity index (χ2n) is 4.61. The van der Waals surface area contributed by atoms with Crippen molar-refractivity contribution in [1.82, 2.24) is 9.38 Å². The number of nitrogens with zero attached hydrogens (tertiary/aromatic N) is 2. The van der Waals surface area contributed by atoms with Crippen molar-refractivity contribution in [3.63, 3.8) is 0 Å². The van der Waals surface area contributed by atoms with Gasteiger partial charge in [-0.25, -0.2) is 4.98 Å². The molecule has 1 aliphatic rings. The Morgan fingerprint density at radius 1 is 1.50 bits per heavy atom. The number of hydrogen-bond acceptors (Lipinski definition) is 2. The maximum absolute atomic E-state index is 10.4. The van der Waals surface area contributed by atoms with E-state index >= 15 is 0 Å². The van der Waals surface area contributed by atoms with E-state index in [1.807, 2.05) is 29.7 Å². The van der Waals surface area contributed by atoms with Crippen LogP contribution in [0.3, 0.4) is 0 Å². The monoisotopic (exact) mass is 280 g/mol. The Hall–Kier alpha value is -0.870. The molecule has 0 saturated heterocycles. The van der Waals surface area contributed by atoms with E-state index in [2.05, 4.69) is 20.9 Å². The van der Waals surface area contributed by atoms with Gasteiger partial charge in [0, 0.05) is 10.7 Å². The molecule has 0 aliphatic heterocycles. The van der Waals surface area contributed by atoms with Gasteiger partial charge >= 0.3 is 0 Å². The molecule has 1 N–H and O–H groups in total. The summed E-state index contributed by atoms with van der Waals surface area (Å²) in [4.78, 5) is 4.57. The summed E-state index contributed by atoms with van der Waals surface area (Å²) in [6, 6.07) is 3.95. The van der Waals surface area contributed by atoms with E-state index in [1.54, 1.807) is 0 Å². The summed E-state index contributed by atoms with van der Waals surface area (Å²) < 4.78 is 3.00. The third-order valence-corrected chi connectivity index (χ3v) is 3.71. The Labute approximate surface area is 102 Å². The summed E-state index contributed by atoms with van der Waals surface area (Å²) in [6.45, 7) is 1.88. The zero-order chi connectivity index (χ0) is 11.3. The van der Waals surface area contributed by atoms with Crippen LogP contribution in [0.1, 0.15) is 31.2 Å². The molecule has 0 radical (unpaired) electrons. The fourth-order valence-electron chi connectivity index (χ4n) is 2.53. The highest BCUT2D eigenvalue weighted by Crippen LogP contribution is 2.35. The van der Waals surface area contributed by atoms with Crippen molar-refractivity contribution < 1.29 is 5.11 Å². The molecule has 1 aliphatic carbocycles. The van der Waals surface area contributed by atoms with Crippen LogP contribution in [0.25, 0.3) is 5.65 Å². The SMILES string of the molecule is CC1(O)CCCc2nc3ccc(Br)cn3c21. The molecular formula is C12H13BrN2O. The topological polar surface area (TPSA) is 37.5 Å². The van der Waals surface area contributed by atoms with E-state index in [-0.39, 0.29) is 0 Å². The highest BCUT2D eigenvalue weighted by atomic mass is 79.9. The number of fused-ring (bicyclic) bond motifs is 3. The number of aromatic nitrogens is 2. The normalized spacial score (nSPS) is 24.7. The van der Waals surface area contributed by atoms with Crippen LogP contribution in [0.2, 0.25) is 0 Å². The summed E-state index contributed by atoms with van der Waals surface area (Å²) in [7, 11) is 0. The van der Waals surface area contributed by atoms with Crippen LogP contribution >= 0.6 is 15.9 Å². The first-order chi connectivity index (χ1) is 7.58. The Morgan fingerprint density at radius 2 is 2.31 bits per heavy atom. The summed E-state index contributed by atoms with van der Waals surface area (Å²) in [5.74, 6) is 0. The van der Waals surface area contributed by atoms with E-state index in [4.69, 9.17) is 0 Å². The first-order valence-corrected chi connectivity index (χ1v) is 6.26. The van der Waals surface area contributed by atoms with Crippen LogP contribution in [-0.4, -0.2) is 14.5 Å². The van der Waals surface area contributed by atoms with Gasteiger partial charge < -0.3 is 5.11 Å². The zero-order valence-corrected chi connectivity index (χ0v) is 10.7. The molecule has 16 heavy (non-hydrogen) atoms. The minimum absolute atomic E-state index is 0.756. The number of imidazole rings is 1. The molecule has 0 fully saturated rings. The Morgan fingerprint density at radius 3 is 3.12 bits per heavy atom. The first kappa shape index (κ1) is 10.3. The maximum Gasteiger partial charge on any atom is 0.137 e. The van der Waals surface area contributed by atoms with E-state index in [0.717, 1.165) is 40.8 Å². The molecule has 3 nitrogen and oxygen atoms in total. The molecule has 2 aromatic heterocycles. The minimum atomic E-state index is -0.756. The molecule has 1 unspecified atom stereocenters. The lowest BCUT2D eigenvalue weighted by molar-refractivity contribution is 0.0330. The summed E-state index contributed by atoms with van der Waals surface area (Å²) in [5.41, 5.74) is 2.15. The summed E-state index contributed by atoms with van der Waals surface area (Å²) in [5, 5.41) is 10.4. The number of pyridine rings is 1. The van der Waals surface area contributed by atoms with Gasteiger partial charge in [-0.2, -0.15) is 0 Å². The number of aliphatic hydroxyl groups is 1. The van der Waals surface area contributed by atoms with Crippen molar-refractivity contribution in [3.05, 3.63) is 34.2 Å². The summed E-state index contributed by atoms with van der Waals surface area (Å²) in [6.07, 6.45) is 4.75. The van der Waals surface area contributed by atoms with Gasteiger partial charge in [0.2, 0.25) is 0 Å². The van der Waals surface area contributed by atoms with Crippen LogP contribution in [0.15, 0.2) is 22.8 Å². The Balaban J connectivity index is 2.37. The van der Waals surface area contributed by atoms with E-state index < -0.39 is 5.60 Å². The predicted octanol–water partition coefficient (Wildman–Crippen LogP) is 2.64. The molecule has 0 spiro atoms. The molecule has 0 amide bonds.